The summed E-state index contributed by atoms with van der Waals surface area (Å²) in [5.41, 5.74) is 1.00. The van der Waals surface area contributed by atoms with Crippen molar-refractivity contribution in [1.29, 1.82) is 0 Å². The standard InChI is InChI=1S/C13H20BNO3/c1-12(2)13(3,4)18-14(17-12)11-8-6-7-10(15-11)9-16-5/h6-8H,9H2,1-5H3. The lowest BCUT2D eigenvalue weighted by Crippen LogP contribution is -2.41. The molecule has 2 rings (SSSR count). The van der Waals surface area contributed by atoms with Gasteiger partial charge in [0.1, 0.15) is 0 Å². The number of pyridine rings is 1. The van der Waals surface area contributed by atoms with Crippen LogP contribution in [0.3, 0.4) is 0 Å². The van der Waals surface area contributed by atoms with Gasteiger partial charge in [0.25, 0.3) is 0 Å². The predicted octanol–water partition coefficient (Wildman–Crippen LogP) is 1.53. The summed E-state index contributed by atoms with van der Waals surface area (Å²) in [5, 5.41) is 0. The number of aromatic nitrogens is 1. The van der Waals surface area contributed by atoms with Crippen molar-refractivity contribution in [3.05, 3.63) is 23.9 Å². The molecule has 0 N–H and O–H groups in total. The second-order valence-corrected chi connectivity index (χ2v) is 5.58. The molecule has 0 aliphatic carbocycles. The van der Waals surface area contributed by atoms with E-state index in [2.05, 4.69) is 4.98 Å². The van der Waals surface area contributed by atoms with Gasteiger partial charge in [0, 0.05) is 7.11 Å². The highest BCUT2D eigenvalue weighted by Crippen LogP contribution is 2.36. The highest BCUT2D eigenvalue weighted by Gasteiger charge is 2.52. The minimum atomic E-state index is -0.410. The van der Waals surface area contributed by atoms with Crippen LogP contribution < -0.4 is 5.59 Å². The first-order valence-corrected chi connectivity index (χ1v) is 6.16. The fourth-order valence-corrected chi connectivity index (χ4v) is 1.82. The maximum Gasteiger partial charge on any atom is 0.514 e. The van der Waals surface area contributed by atoms with Gasteiger partial charge in [-0.1, -0.05) is 6.07 Å². The van der Waals surface area contributed by atoms with Crippen molar-refractivity contribution in [2.45, 2.75) is 45.5 Å². The van der Waals surface area contributed by atoms with E-state index >= 15 is 0 Å². The largest absolute Gasteiger partial charge is 0.514 e. The SMILES string of the molecule is COCc1cccc(B2OC(C)(C)C(C)(C)O2)n1. The van der Waals surface area contributed by atoms with Crippen LogP contribution in [0.1, 0.15) is 33.4 Å². The average Bonchev–Trinajstić information content (AvgIpc) is 2.49. The van der Waals surface area contributed by atoms with E-state index in [1.807, 2.05) is 45.9 Å². The third kappa shape index (κ3) is 2.43. The van der Waals surface area contributed by atoms with Crippen molar-refractivity contribution in [2.24, 2.45) is 0 Å². The lowest BCUT2D eigenvalue weighted by atomic mass is 9.84. The van der Waals surface area contributed by atoms with Crippen LogP contribution in [0, 0.1) is 0 Å². The summed E-state index contributed by atoms with van der Waals surface area (Å²) >= 11 is 0. The van der Waals surface area contributed by atoms with Crippen LogP contribution in [-0.4, -0.2) is 30.4 Å². The lowest BCUT2D eigenvalue weighted by Gasteiger charge is -2.32. The Morgan fingerprint density at radius 2 is 1.78 bits per heavy atom. The Kier molecular flexibility index (Phi) is 3.49. The molecule has 1 aliphatic heterocycles. The molecule has 1 saturated heterocycles. The van der Waals surface area contributed by atoms with Crippen molar-refractivity contribution in [1.82, 2.24) is 4.98 Å². The topological polar surface area (TPSA) is 40.6 Å². The Labute approximate surface area is 109 Å². The molecule has 0 bridgehead atoms. The molecule has 18 heavy (non-hydrogen) atoms. The van der Waals surface area contributed by atoms with Gasteiger partial charge in [-0.05, 0) is 39.8 Å². The van der Waals surface area contributed by atoms with Gasteiger partial charge in [-0.2, -0.15) is 0 Å². The lowest BCUT2D eigenvalue weighted by molar-refractivity contribution is 0.00578. The molecule has 0 amide bonds. The molecular weight excluding hydrogens is 229 g/mol. The van der Waals surface area contributed by atoms with E-state index in [0.717, 1.165) is 11.3 Å². The molecule has 4 nitrogen and oxygen atoms in total. The van der Waals surface area contributed by atoms with E-state index in [9.17, 15) is 0 Å². The van der Waals surface area contributed by atoms with Gasteiger partial charge in [0.05, 0.1) is 29.1 Å². The van der Waals surface area contributed by atoms with Gasteiger partial charge in [0.2, 0.25) is 0 Å². The van der Waals surface area contributed by atoms with E-state index in [1.165, 1.54) is 0 Å². The molecule has 1 fully saturated rings. The van der Waals surface area contributed by atoms with Gasteiger partial charge in [-0.15, -0.1) is 0 Å². The summed E-state index contributed by atoms with van der Waals surface area (Å²) < 4.78 is 17.0. The molecule has 0 atom stereocenters. The third-order valence-electron chi connectivity index (χ3n) is 3.62. The second-order valence-electron chi connectivity index (χ2n) is 5.58. The molecular formula is C13H20BNO3. The number of rotatable bonds is 3. The monoisotopic (exact) mass is 249 g/mol. The summed E-state index contributed by atoms with van der Waals surface area (Å²) in [4.78, 5) is 4.50. The summed E-state index contributed by atoms with van der Waals surface area (Å²) in [6.45, 7) is 8.63. The van der Waals surface area contributed by atoms with Crippen molar-refractivity contribution in [3.8, 4) is 0 Å². The highest BCUT2D eigenvalue weighted by molar-refractivity contribution is 6.61. The Morgan fingerprint density at radius 1 is 1.17 bits per heavy atom. The number of hydrogen-bond acceptors (Lipinski definition) is 4. The van der Waals surface area contributed by atoms with E-state index in [0.29, 0.717) is 6.61 Å². The molecule has 0 aromatic carbocycles. The Morgan fingerprint density at radius 3 is 2.33 bits per heavy atom. The van der Waals surface area contributed by atoms with E-state index < -0.39 is 7.12 Å². The summed E-state index contributed by atoms with van der Waals surface area (Å²) in [7, 11) is 1.25. The van der Waals surface area contributed by atoms with E-state index in [-0.39, 0.29) is 11.2 Å². The highest BCUT2D eigenvalue weighted by atomic mass is 16.7. The van der Waals surface area contributed by atoms with Crippen LogP contribution >= 0.6 is 0 Å². The zero-order valence-electron chi connectivity index (χ0n) is 11.7. The van der Waals surface area contributed by atoms with E-state index in [1.54, 1.807) is 7.11 Å². The van der Waals surface area contributed by atoms with E-state index in [4.69, 9.17) is 14.0 Å². The molecule has 1 aromatic rings. The quantitative estimate of drug-likeness (QED) is 0.761. The average molecular weight is 249 g/mol. The van der Waals surface area contributed by atoms with Crippen LogP contribution in [0.2, 0.25) is 0 Å². The number of nitrogens with zero attached hydrogens (tertiary/aromatic N) is 1. The Hall–Kier alpha value is -0.905. The fourth-order valence-electron chi connectivity index (χ4n) is 1.82. The van der Waals surface area contributed by atoms with Crippen molar-refractivity contribution >= 4 is 12.7 Å². The maximum atomic E-state index is 5.96. The van der Waals surface area contributed by atoms with Crippen LogP contribution in [0.15, 0.2) is 18.2 Å². The predicted molar refractivity (Wildman–Crippen MR) is 70.7 cm³/mol. The first-order chi connectivity index (χ1) is 8.36. The zero-order chi connectivity index (χ0) is 13.4. The molecule has 0 unspecified atom stereocenters. The fraction of sp³-hybridized carbons (Fsp3) is 0.615. The normalized spacial score (nSPS) is 21.3. The second kappa shape index (κ2) is 4.65. The number of hydrogen-bond donors (Lipinski definition) is 0. The smallest absolute Gasteiger partial charge is 0.398 e. The molecule has 2 heterocycles. The molecule has 0 spiro atoms. The van der Waals surface area contributed by atoms with Crippen LogP contribution in [0.4, 0.5) is 0 Å². The maximum absolute atomic E-state index is 5.96. The molecule has 0 saturated carbocycles. The summed E-state index contributed by atoms with van der Waals surface area (Å²) in [6.07, 6.45) is 0. The first kappa shape index (κ1) is 13.5. The molecule has 1 aliphatic rings. The third-order valence-corrected chi connectivity index (χ3v) is 3.62. The molecule has 0 radical (unpaired) electrons. The van der Waals surface area contributed by atoms with Crippen molar-refractivity contribution < 1.29 is 14.0 Å². The van der Waals surface area contributed by atoms with Crippen molar-refractivity contribution in [3.63, 3.8) is 0 Å². The summed E-state index contributed by atoms with van der Waals surface area (Å²) in [6, 6.07) is 5.79. The first-order valence-electron chi connectivity index (χ1n) is 6.16. The Balaban J connectivity index is 2.21. The minimum Gasteiger partial charge on any atom is -0.398 e. The number of methoxy groups -OCH3 is 1. The molecule has 5 heteroatoms. The summed E-state index contributed by atoms with van der Waals surface area (Å²) in [5.74, 6) is 0. The van der Waals surface area contributed by atoms with Gasteiger partial charge in [-0.3, -0.25) is 4.98 Å². The van der Waals surface area contributed by atoms with Gasteiger partial charge < -0.3 is 14.0 Å². The van der Waals surface area contributed by atoms with Crippen LogP contribution in [-0.2, 0) is 20.7 Å². The Bertz CT molecular complexity index is 418. The minimum absolute atomic E-state index is 0.337. The molecule has 1 aromatic heterocycles. The number of ether oxygens (including phenoxy) is 1. The van der Waals surface area contributed by atoms with Gasteiger partial charge in [-0.25, -0.2) is 0 Å². The van der Waals surface area contributed by atoms with Gasteiger partial charge >= 0.3 is 7.12 Å². The molecule has 98 valence electrons. The van der Waals surface area contributed by atoms with Gasteiger partial charge in [0.15, 0.2) is 0 Å². The van der Waals surface area contributed by atoms with Crippen LogP contribution in [0.25, 0.3) is 0 Å². The zero-order valence-corrected chi connectivity index (χ0v) is 11.7. The van der Waals surface area contributed by atoms with Crippen LogP contribution in [0.5, 0.6) is 0 Å². The van der Waals surface area contributed by atoms with Crippen molar-refractivity contribution in [2.75, 3.05) is 7.11 Å².